The second-order valence-electron chi connectivity index (χ2n) is 7.87. The summed E-state index contributed by atoms with van der Waals surface area (Å²) >= 11 is 5.93. The predicted octanol–water partition coefficient (Wildman–Crippen LogP) is 3.91. The van der Waals surface area contributed by atoms with Crippen molar-refractivity contribution in [2.24, 2.45) is 0 Å². The summed E-state index contributed by atoms with van der Waals surface area (Å²) in [6, 6.07) is 10.2. The van der Waals surface area contributed by atoms with Crippen LogP contribution in [0.3, 0.4) is 0 Å². The van der Waals surface area contributed by atoms with Crippen LogP contribution in [-0.4, -0.2) is 56.7 Å². The molecule has 1 fully saturated rings. The number of piperazine rings is 1. The van der Waals surface area contributed by atoms with Gasteiger partial charge in [-0.25, -0.2) is 9.67 Å². The topological polar surface area (TPSA) is 97.4 Å². The Morgan fingerprint density at radius 1 is 1.16 bits per heavy atom. The number of hydrogen-bond donors (Lipinski definition) is 0. The molecule has 1 aliphatic rings. The van der Waals surface area contributed by atoms with Crippen molar-refractivity contribution in [2.45, 2.75) is 19.8 Å². The number of benzene rings is 1. The normalized spacial score (nSPS) is 14.1. The van der Waals surface area contributed by atoms with E-state index in [1.54, 1.807) is 34.1 Å². The van der Waals surface area contributed by atoms with Crippen LogP contribution in [-0.2, 0) is 0 Å². The van der Waals surface area contributed by atoms with E-state index in [0.717, 1.165) is 5.69 Å². The predicted molar refractivity (Wildman–Crippen MR) is 122 cm³/mol. The lowest BCUT2D eigenvalue weighted by Crippen LogP contribution is -2.49. The summed E-state index contributed by atoms with van der Waals surface area (Å²) in [7, 11) is 0. The largest absolute Gasteiger partial charge is 0.362 e. The minimum atomic E-state index is -0.431. The number of nitro benzene ring substituents is 1. The van der Waals surface area contributed by atoms with Crippen molar-refractivity contribution in [3.8, 4) is 5.82 Å². The highest BCUT2D eigenvalue weighted by molar-refractivity contribution is 6.30. The van der Waals surface area contributed by atoms with Gasteiger partial charge in [0, 0.05) is 43.5 Å². The molecule has 3 heterocycles. The Bertz CT molecular complexity index is 1140. The van der Waals surface area contributed by atoms with Crippen molar-refractivity contribution in [3.63, 3.8) is 0 Å². The number of carbonyl (C=O) groups excluding carboxylic acids is 1. The third-order valence-corrected chi connectivity index (χ3v) is 5.73. The van der Waals surface area contributed by atoms with Gasteiger partial charge in [0.2, 0.25) is 0 Å². The van der Waals surface area contributed by atoms with Gasteiger partial charge >= 0.3 is 0 Å². The van der Waals surface area contributed by atoms with Crippen molar-refractivity contribution in [2.75, 3.05) is 31.1 Å². The van der Waals surface area contributed by atoms with Gasteiger partial charge in [0.15, 0.2) is 5.82 Å². The molecule has 0 N–H and O–H groups in total. The number of aromatic nitrogens is 3. The quantitative estimate of drug-likeness (QED) is 0.428. The van der Waals surface area contributed by atoms with Gasteiger partial charge in [-0.3, -0.25) is 14.9 Å². The van der Waals surface area contributed by atoms with Gasteiger partial charge in [-0.15, -0.1) is 0 Å². The summed E-state index contributed by atoms with van der Waals surface area (Å²) in [5, 5.41) is 16.2. The third-order valence-electron chi connectivity index (χ3n) is 5.49. The molecule has 0 atom stereocenters. The number of anilines is 1. The van der Waals surface area contributed by atoms with Gasteiger partial charge in [0.1, 0.15) is 5.69 Å². The summed E-state index contributed by atoms with van der Waals surface area (Å²) in [4.78, 5) is 32.4. The highest BCUT2D eigenvalue weighted by atomic mass is 35.5. The number of nitro groups is 1. The number of halogens is 1. The zero-order valence-corrected chi connectivity index (χ0v) is 18.6. The van der Waals surface area contributed by atoms with Crippen molar-refractivity contribution < 1.29 is 9.72 Å². The van der Waals surface area contributed by atoms with E-state index in [2.05, 4.69) is 10.1 Å². The first kappa shape index (κ1) is 21.8. The SMILES string of the molecule is CC(C)c1c(C(=O)N2CCN(c3ccc(Cl)cc3[N+](=O)[O-])CC2)cnn1-c1ccccn1. The molecule has 166 valence electrons. The van der Waals surface area contributed by atoms with Crippen molar-refractivity contribution in [3.05, 3.63) is 75.2 Å². The molecule has 10 heteroatoms. The average Bonchev–Trinajstić information content (AvgIpc) is 3.25. The minimum Gasteiger partial charge on any atom is -0.362 e. The van der Waals surface area contributed by atoms with Gasteiger partial charge in [-0.05, 0) is 30.2 Å². The second-order valence-corrected chi connectivity index (χ2v) is 8.30. The Hall–Kier alpha value is -3.46. The third kappa shape index (κ3) is 4.16. The first-order valence-corrected chi connectivity index (χ1v) is 10.7. The van der Waals surface area contributed by atoms with E-state index < -0.39 is 4.92 Å². The fourth-order valence-corrected chi connectivity index (χ4v) is 4.14. The molecule has 4 rings (SSSR count). The van der Waals surface area contributed by atoms with E-state index in [4.69, 9.17) is 11.6 Å². The summed E-state index contributed by atoms with van der Waals surface area (Å²) in [5.41, 5.74) is 1.84. The van der Waals surface area contributed by atoms with E-state index >= 15 is 0 Å². The number of amides is 1. The van der Waals surface area contributed by atoms with Crippen molar-refractivity contribution >= 4 is 28.9 Å². The van der Waals surface area contributed by atoms with Crippen LogP contribution >= 0.6 is 11.6 Å². The van der Waals surface area contributed by atoms with Gasteiger partial charge in [-0.2, -0.15) is 5.10 Å². The monoisotopic (exact) mass is 454 g/mol. The van der Waals surface area contributed by atoms with Gasteiger partial charge < -0.3 is 9.80 Å². The number of hydrogen-bond acceptors (Lipinski definition) is 6. The maximum absolute atomic E-state index is 13.3. The van der Waals surface area contributed by atoms with E-state index in [0.29, 0.717) is 48.3 Å². The van der Waals surface area contributed by atoms with Crippen molar-refractivity contribution in [1.82, 2.24) is 19.7 Å². The summed E-state index contributed by atoms with van der Waals surface area (Å²) in [5.74, 6) is 0.632. The highest BCUT2D eigenvalue weighted by Gasteiger charge is 2.29. The van der Waals surface area contributed by atoms with Crippen LogP contribution in [0, 0.1) is 10.1 Å². The van der Waals surface area contributed by atoms with Crippen LogP contribution in [0.25, 0.3) is 5.82 Å². The lowest BCUT2D eigenvalue weighted by molar-refractivity contribution is -0.384. The molecule has 3 aromatic rings. The van der Waals surface area contributed by atoms with Crippen LogP contribution in [0.2, 0.25) is 5.02 Å². The lowest BCUT2D eigenvalue weighted by Gasteiger charge is -2.36. The molecular formula is C22H23ClN6O3. The molecule has 0 radical (unpaired) electrons. The number of nitrogens with zero attached hydrogens (tertiary/aromatic N) is 6. The molecule has 1 amide bonds. The highest BCUT2D eigenvalue weighted by Crippen LogP contribution is 2.32. The van der Waals surface area contributed by atoms with E-state index in [-0.39, 0.29) is 17.5 Å². The van der Waals surface area contributed by atoms with Crippen LogP contribution in [0.1, 0.15) is 35.8 Å². The summed E-state index contributed by atoms with van der Waals surface area (Å²) < 4.78 is 1.71. The standard InChI is InChI=1S/C22H23ClN6O3/c1-15(2)21-17(14-25-28(21)20-5-3-4-8-24-20)22(30)27-11-9-26(10-12-27)18-7-6-16(23)13-19(18)29(31)32/h3-8,13-15H,9-12H2,1-2H3. The number of rotatable bonds is 5. The van der Waals surface area contributed by atoms with E-state index in [1.165, 1.54) is 6.07 Å². The van der Waals surface area contributed by atoms with E-state index in [9.17, 15) is 14.9 Å². The minimum absolute atomic E-state index is 0.0315. The van der Waals surface area contributed by atoms with E-state index in [1.807, 2.05) is 36.9 Å². The fourth-order valence-electron chi connectivity index (χ4n) is 3.97. The van der Waals surface area contributed by atoms with Gasteiger partial charge in [-0.1, -0.05) is 31.5 Å². The molecule has 9 nitrogen and oxygen atoms in total. The molecule has 0 saturated carbocycles. The molecule has 0 aliphatic carbocycles. The van der Waals surface area contributed by atoms with Crippen LogP contribution in [0.15, 0.2) is 48.8 Å². The Kier molecular flexibility index (Phi) is 6.09. The average molecular weight is 455 g/mol. The molecule has 2 aromatic heterocycles. The molecule has 1 aliphatic heterocycles. The smallest absolute Gasteiger partial charge is 0.294 e. The first-order chi connectivity index (χ1) is 15.4. The molecule has 0 spiro atoms. The maximum Gasteiger partial charge on any atom is 0.294 e. The molecule has 0 bridgehead atoms. The summed E-state index contributed by atoms with van der Waals surface area (Å²) in [6.45, 7) is 5.91. The molecule has 1 aromatic carbocycles. The second kappa shape index (κ2) is 8.96. The zero-order valence-electron chi connectivity index (χ0n) is 17.8. The lowest BCUT2D eigenvalue weighted by atomic mass is 10.0. The van der Waals surface area contributed by atoms with Crippen molar-refractivity contribution in [1.29, 1.82) is 0 Å². The Labute approximate surface area is 190 Å². The van der Waals surface area contributed by atoms with Gasteiger partial charge in [0.05, 0.1) is 22.4 Å². The van der Waals surface area contributed by atoms with Crippen LogP contribution in [0.4, 0.5) is 11.4 Å². The number of pyridine rings is 1. The van der Waals surface area contributed by atoms with Crippen LogP contribution in [0.5, 0.6) is 0 Å². The fraction of sp³-hybridized carbons (Fsp3) is 0.318. The molecule has 0 unspecified atom stereocenters. The molecule has 1 saturated heterocycles. The maximum atomic E-state index is 13.3. The number of carbonyl (C=O) groups is 1. The zero-order chi connectivity index (χ0) is 22.8. The Balaban J connectivity index is 1.54. The Morgan fingerprint density at radius 3 is 2.53 bits per heavy atom. The van der Waals surface area contributed by atoms with Crippen LogP contribution < -0.4 is 4.90 Å². The molecule has 32 heavy (non-hydrogen) atoms. The first-order valence-electron chi connectivity index (χ1n) is 10.3. The summed E-state index contributed by atoms with van der Waals surface area (Å²) in [6.07, 6.45) is 3.29. The Morgan fingerprint density at radius 2 is 1.91 bits per heavy atom. The molecular weight excluding hydrogens is 432 g/mol. The van der Waals surface area contributed by atoms with Gasteiger partial charge in [0.25, 0.3) is 11.6 Å².